The molecule has 0 saturated heterocycles. The number of rotatable bonds is 5. The van der Waals surface area contributed by atoms with E-state index in [1.807, 2.05) is 0 Å². The molecule has 0 spiro atoms. The number of non-ortho nitro benzene ring substituents is 1. The van der Waals surface area contributed by atoms with Crippen LogP contribution < -0.4 is 4.74 Å². The minimum absolute atomic E-state index is 0.00163. The summed E-state index contributed by atoms with van der Waals surface area (Å²) in [5.41, 5.74) is 0.620. The number of hydrogen-bond donors (Lipinski definition) is 0. The van der Waals surface area contributed by atoms with E-state index in [0.717, 1.165) is 0 Å². The van der Waals surface area contributed by atoms with Gasteiger partial charge in [0, 0.05) is 22.7 Å². The molecule has 0 aliphatic rings. The van der Waals surface area contributed by atoms with Crippen molar-refractivity contribution >= 4 is 17.3 Å². The van der Waals surface area contributed by atoms with Gasteiger partial charge in [-0.2, -0.15) is 4.98 Å². The maximum atomic E-state index is 10.6. The van der Waals surface area contributed by atoms with Gasteiger partial charge in [-0.15, -0.1) is 0 Å². The van der Waals surface area contributed by atoms with Gasteiger partial charge < -0.3 is 9.26 Å². The van der Waals surface area contributed by atoms with Crippen LogP contribution in [0.2, 0.25) is 5.02 Å². The van der Waals surface area contributed by atoms with E-state index >= 15 is 0 Å². The number of aromatic nitrogens is 2. The first kappa shape index (κ1) is 15.0. The second-order valence-electron chi connectivity index (χ2n) is 4.56. The molecular weight excluding hydrogens is 322 g/mol. The van der Waals surface area contributed by atoms with Crippen LogP contribution in [0.1, 0.15) is 5.89 Å². The highest BCUT2D eigenvalue weighted by Crippen LogP contribution is 2.21. The zero-order valence-electron chi connectivity index (χ0n) is 11.7. The van der Waals surface area contributed by atoms with Crippen molar-refractivity contribution in [2.75, 3.05) is 0 Å². The predicted octanol–water partition coefficient (Wildman–Crippen LogP) is 3.88. The maximum Gasteiger partial charge on any atom is 0.269 e. The molecule has 3 aromatic rings. The average Bonchev–Trinajstić information content (AvgIpc) is 3.02. The Balaban J connectivity index is 1.69. The molecule has 0 N–H and O–H groups in total. The lowest BCUT2D eigenvalue weighted by atomic mass is 10.2. The first-order valence-corrected chi connectivity index (χ1v) is 6.95. The fourth-order valence-corrected chi connectivity index (χ4v) is 2.05. The number of benzene rings is 2. The van der Waals surface area contributed by atoms with E-state index in [1.54, 1.807) is 36.4 Å². The highest BCUT2D eigenvalue weighted by atomic mass is 35.5. The highest BCUT2D eigenvalue weighted by molar-refractivity contribution is 6.30. The number of nitrogens with zero attached hydrogens (tertiary/aromatic N) is 3. The van der Waals surface area contributed by atoms with Gasteiger partial charge in [0.05, 0.1) is 4.92 Å². The summed E-state index contributed by atoms with van der Waals surface area (Å²) in [6.07, 6.45) is 0. The first-order chi connectivity index (χ1) is 11.1. The van der Waals surface area contributed by atoms with Gasteiger partial charge in [-0.3, -0.25) is 10.1 Å². The molecule has 0 amide bonds. The van der Waals surface area contributed by atoms with Crippen LogP contribution in [-0.4, -0.2) is 15.1 Å². The summed E-state index contributed by atoms with van der Waals surface area (Å²) in [5.74, 6) is 1.22. The molecule has 116 valence electrons. The summed E-state index contributed by atoms with van der Waals surface area (Å²) in [7, 11) is 0. The molecule has 0 aliphatic carbocycles. The fourth-order valence-electron chi connectivity index (χ4n) is 1.86. The summed E-state index contributed by atoms with van der Waals surface area (Å²) in [5, 5.41) is 15.0. The third kappa shape index (κ3) is 3.64. The minimum atomic E-state index is -0.468. The molecule has 2 aromatic carbocycles. The van der Waals surface area contributed by atoms with E-state index in [9.17, 15) is 10.1 Å². The summed E-state index contributed by atoms with van der Waals surface area (Å²) in [4.78, 5) is 14.3. The van der Waals surface area contributed by atoms with Crippen LogP contribution >= 0.6 is 11.6 Å². The van der Waals surface area contributed by atoms with E-state index in [2.05, 4.69) is 10.1 Å². The number of nitro benzene ring substituents is 1. The molecule has 0 aliphatic heterocycles. The summed E-state index contributed by atoms with van der Waals surface area (Å²) < 4.78 is 10.6. The average molecular weight is 332 g/mol. The van der Waals surface area contributed by atoms with E-state index in [0.29, 0.717) is 28.1 Å². The number of ether oxygens (including phenoxy) is 1. The van der Waals surface area contributed by atoms with Crippen molar-refractivity contribution in [3.8, 4) is 17.1 Å². The molecule has 23 heavy (non-hydrogen) atoms. The Bertz CT molecular complexity index is 833. The van der Waals surface area contributed by atoms with Gasteiger partial charge in [-0.25, -0.2) is 0 Å². The Morgan fingerprint density at radius 1 is 1.22 bits per heavy atom. The van der Waals surface area contributed by atoms with Crippen molar-refractivity contribution in [3.05, 3.63) is 69.6 Å². The molecule has 0 unspecified atom stereocenters. The lowest BCUT2D eigenvalue weighted by Gasteiger charge is -2.02. The Morgan fingerprint density at radius 2 is 2.00 bits per heavy atom. The Kier molecular flexibility index (Phi) is 4.20. The van der Waals surface area contributed by atoms with E-state index in [4.69, 9.17) is 20.9 Å². The van der Waals surface area contributed by atoms with Crippen LogP contribution in [0.3, 0.4) is 0 Å². The molecule has 3 rings (SSSR count). The maximum absolute atomic E-state index is 10.6. The van der Waals surface area contributed by atoms with Crippen molar-refractivity contribution in [1.29, 1.82) is 0 Å². The second kappa shape index (κ2) is 6.45. The highest BCUT2D eigenvalue weighted by Gasteiger charge is 2.11. The van der Waals surface area contributed by atoms with Gasteiger partial charge >= 0.3 is 0 Å². The Morgan fingerprint density at radius 3 is 2.70 bits per heavy atom. The van der Waals surface area contributed by atoms with Gasteiger partial charge in [0.1, 0.15) is 5.75 Å². The third-order valence-corrected chi connectivity index (χ3v) is 3.20. The zero-order chi connectivity index (χ0) is 16.2. The predicted molar refractivity (Wildman–Crippen MR) is 82.2 cm³/mol. The molecule has 0 saturated carbocycles. The largest absolute Gasteiger partial charge is 0.484 e. The SMILES string of the molecule is O=[N+]([O-])c1ccc(-c2noc(COc3cccc(Cl)c3)n2)cc1. The van der Waals surface area contributed by atoms with Gasteiger partial charge in [0.15, 0.2) is 6.61 Å². The first-order valence-electron chi connectivity index (χ1n) is 6.57. The smallest absolute Gasteiger partial charge is 0.269 e. The van der Waals surface area contributed by atoms with Gasteiger partial charge in [0.2, 0.25) is 5.82 Å². The topological polar surface area (TPSA) is 91.3 Å². The van der Waals surface area contributed by atoms with Crippen LogP contribution in [0.25, 0.3) is 11.4 Å². The molecule has 0 fully saturated rings. The van der Waals surface area contributed by atoms with Crippen molar-refractivity contribution in [3.63, 3.8) is 0 Å². The summed E-state index contributed by atoms with van der Waals surface area (Å²) >= 11 is 5.87. The molecule has 1 aromatic heterocycles. The van der Waals surface area contributed by atoms with Crippen LogP contribution in [0.5, 0.6) is 5.75 Å². The van der Waals surface area contributed by atoms with Gasteiger partial charge in [-0.1, -0.05) is 22.8 Å². The van der Waals surface area contributed by atoms with Crippen LogP contribution in [0.15, 0.2) is 53.1 Å². The van der Waals surface area contributed by atoms with E-state index in [1.165, 1.54) is 12.1 Å². The molecule has 0 radical (unpaired) electrons. The molecule has 8 heteroatoms. The van der Waals surface area contributed by atoms with Crippen LogP contribution in [0, 0.1) is 10.1 Å². The lowest BCUT2D eigenvalue weighted by molar-refractivity contribution is -0.384. The quantitative estimate of drug-likeness (QED) is 0.520. The summed E-state index contributed by atoms with van der Waals surface area (Å²) in [6, 6.07) is 12.8. The zero-order valence-corrected chi connectivity index (χ0v) is 12.4. The molecule has 7 nitrogen and oxygen atoms in total. The molecular formula is C15H10ClN3O4. The number of hydrogen-bond acceptors (Lipinski definition) is 6. The monoisotopic (exact) mass is 331 g/mol. The van der Waals surface area contributed by atoms with Gasteiger partial charge in [0.25, 0.3) is 11.6 Å². The third-order valence-electron chi connectivity index (χ3n) is 2.96. The van der Waals surface area contributed by atoms with Crippen LogP contribution in [-0.2, 0) is 6.61 Å². The Hall–Kier alpha value is -2.93. The standard InChI is InChI=1S/C15H10ClN3O4/c16-11-2-1-3-13(8-11)22-9-14-17-15(18-23-14)10-4-6-12(7-5-10)19(20)21/h1-8H,9H2. The summed E-state index contributed by atoms with van der Waals surface area (Å²) in [6.45, 7) is 0.0975. The normalized spacial score (nSPS) is 10.5. The molecule has 0 bridgehead atoms. The molecule has 0 atom stereocenters. The van der Waals surface area contributed by atoms with Crippen molar-refractivity contribution in [2.45, 2.75) is 6.61 Å². The fraction of sp³-hybridized carbons (Fsp3) is 0.0667. The molecule has 1 heterocycles. The minimum Gasteiger partial charge on any atom is -0.484 e. The van der Waals surface area contributed by atoms with Crippen molar-refractivity contribution in [1.82, 2.24) is 10.1 Å². The number of nitro groups is 1. The van der Waals surface area contributed by atoms with Crippen molar-refractivity contribution in [2.24, 2.45) is 0 Å². The van der Waals surface area contributed by atoms with E-state index < -0.39 is 4.92 Å². The Labute approximate surface area is 135 Å². The number of halogens is 1. The van der Waals surface area contributed by atoms with E-state index in [-0.39, 0.29) is 12.3 Å². The van der Waals surface area contributed by atoms with Gasteiger partial charge in [-0.05, 0) is 30.3 Å². The lowest BCUT2D eigenvalue weighted by Crippen LogP contribution is -1.95. The van der Waals surface area contributed by atoms with Crippen LogP contribution in [0.4, 0.5) is 5.69 Å². The second-order valence-corrected chi connectivity index (χ2v) is 5.00. The van der Waals surface area contributed by atoms with Crippen molar-refractivity contribution < 1.29 is 14.2 Å².